The third-order valence-corrected chi connectivity index (χ3v) is 4.80. The molecule has 2 aromatic rings. The van der Waals surface area contributed by atoms with Crippen molar-refractivity contribution in [2.24, 2.45) is 0 Å². The van der Waals surface area contributed by atoms with Crippen molar-refractivity contribution in [2.45, 2.75) is 26.3 Å². The number of ether oxygens (including phenoxy) is 1. The lowest BCUT2D eigenvalue weighted by atomic mass is 10.0. The van der Waals surface area contributed by atoms with Crippen molar-refractivity contribution in [3.63, 3.8) is 0 Å². The van der Waals surface area contributed by atoms with Gasteiger partial charge in [0.15, 0.2) is 0 Å². The van der Waals surface area contributed by atoms with E-state index in [9.17, 15) is 4.79 Å². The molecule has 1 aliphatic rings. The van der Waals surface area contributed by atoms with Gasteiger partial charge in [-0.25, -0.2) is 0 Å². The minimum atomic E-state index is 0.00732. The van der Waals surface area contributed by atoms with Gasteiger partial charge in [-0.3, -0.25) is 4.79 Å². The first-order valence-corrected chi connectivity index (χ1v) is 7.56. The van der Waals surface area contributed by atoms with Gasteiger partial charge in [-0.1, -0.05) is 18.2 Å². The molecule has 0 aliphatic carbocycles. The van der Waals surface area contributed by atoms with Gasteiger partial charge >= 0.3 is 0 Å². The van der Waals surface area contributed by atoms with Gasteiger partial charge in [0.05, 0.1) is 17.5 Å². The molecule has 2 heterocycles. The standard InChI is InChI=1S/C16H17NO2S/c1-10-9-15(20-11(10)2)16(18)17-13-7-8-19-14-6-4-3-5-12(13)14/h3-6,9,13H,7-8H2,1-2H3,(H,17,18)/t13-/m0/s1. The molecule has 3 nitrogen and oxygen atoms in total. The number of amides is 1. The SMILES string of the molecule is Cc1cc(C(=O)N[C@H]2CCOc3ccccc32)sc1C. The normalized spacial score (nSPS) is 17.2. The molecule has 1 aromatic heterocycles. The first-order chi connectivity index (χ1) is 9.65. The van der Waals surface area contributed by atoms with E-state index in [1.54, 1.807) is 11.3 Å². The molecule has 20 heavy (non-hydrogen) atoms. The molecule has 1 amide bonds. The average molecular weight is 287 g/mol. The molecular weight excluding hydrogens is 270 g/mol. The first kappa shape index (κ1) is 13.2. The van der Waals surface area contributed by atoms with Crippen LogP contribution < -0.4 is 10.1 Å². The topological polar surface area (TPSA) is 38.3 Å². The second-order valence-electron chi connectivity index (χ2n) is 5.05. The molecule has 0 fully saturated rings. The summed E-state index contributed by atoms with van der Waals surface area (Å²) in [6.07, 6.45) is 0.812. The van der Waals surface area contributed by atoms with Crippen LogP contribution >= 0.6 is 11.3 Å². The largest absolute Gasteiger partial charge is 0.493 e. The summed E-state index contributed by atoms with van der Waals surface area (Å²) >= 11 is 1.55. The Morgan fingerprint density at radius 1 is 1.35 bits per heavy atom. The highest BCUT2D eigenvalue weighted by molar-refractivity contribution is 7.14. The van der Waals surface area contributed by atoms with Crippen LogP contribution in [0.25, 0.3) is 0 Å². The second kappa shape index (κ2) is 5.29. The predicted molar refractivity (Wildman–Crippen MR) is 80.6 cm³/mol. The monoisotopic (exact) mass is 287 g/mol. The minimum absolute atomic E-state index is 0.00732. The average Bonchev–Trinajstić information content (AvgIpc) is 2.79. The van der Waals surface area contributed by atoms with Gasteiger partial charge in [-0.2, -0.15) is 0 Å². The lowest BCUT2D eigenvalue weighted by Gasteiger charge is -2.26. The van der Waals surface area contributed by atoms with Crippen LogP contribution in [-0.2, 0) is 0 Å². The summed E-state index contributed by atoms with van der Waals surface area (Å²) < 4.78 is 5.62. The smallest absolute Gasteiger partial charge is 0.261 e. The van der Waals surface area contributed by atoms with Crippen molar-refractivity contribution in [1.82, 2.24) is 5.32 Å². The minimum Gasteiger partial charge on any atom is -0.493 e. The third kappa shape index (κ3) is 2.43. The molecule has 0 saturated carbocycles. The molecule has 0 saturated heterocycles. The van der Waals surface area contributed by atoms with Crippen LogP contribution in [0.5, 0.6) is 5.75 Å². The molecule has 1 aromatic carbocycles. The Labute approximate surface area is 122 Å². The lowest BCUT2D eigenvalue weighted by molar-refractivity contribution is 0.0929. The van der Waals surface area contributed by atoms with E-state index in [2.05, 4.69) is 5.32 Å². The molecule has 0 spiro atoms. The van der Waals surface area contributed by atoms with Crippen LogP contribution in [0.1, 0.15) is 38.1 Å². The van der Waals surface area contributed by atoms with Crippen LogP contribution in [-0.4, -0.2) is 12.5 Å². The maximum Gasteiger partial charge on any atom is 0.261 e. The van der Waals surface area contributed by atoms with Gasteiger partial charge in [0.1, 0.15) is 5.75 Å². The van der Waals surface area contributed by atoms with Crippen molar-refractivity contribution in [2.75, 3.05) is 6.61 Å². The van der Waals surface area contributed by atoms with Gasteiger partial charge in [0.2, 0.25) is 0 Å². The summed E-state index contributed by atoms with van der Waals surface area (Å²) in [6, 6.07) is 9.90. The van der Waals surface area contributed by atoms with Crippen molar-refractivity contribution in [3.05, 3.63) is 51.2 Å². The Balaban J connectivity index is 1.80. The molecule has 104 valence electrons. The highest BCUT2D eigenvalue weighted by Gasteiger charge is 2.23. The first-order valence-electron chi connectivity index (χ1n) is 6.75. The predicted octanol–water partition coefficient (Wildman–Crippen LogP) is 3.62. The zero-order chi connectivity index (χ0) is 14.1. The summed E-state index contributed by atoms with van der Waals surface area (Å²) in [5.41, 5.74) is 2.24. The quantitative estimate of drug-likeness (QED) is 0.916. The Kier molecular flexibility index (Phi) is 3.49. The van der Waals surface area contributed by atoms with Crippen molar-refractivity contribution >= 4 is 17.2 Å². The van der Waals surface area contributed by atoms with E-state index in [0.717, 1.165) is 22.6 Å². The van der Waals surface area contributed by atoms with Crippen LogP contribution in [0.3, 0.4) is 0 Å². The molecule has 1 atom stereocenters. The van der Waals surface area contributed by atoms with Gasteiger partial charge < -0.3 is 10.1 Å². The number of nitrogens with one attached hydrogen (secondary N) is 1. The number of benzene rings is 1. The molecule has 0 unspecified atom stereocenters. The number of hydrogen-bond acceptors (Lipinski definition) is 3. The van der Waals surface area contributed by atoms with Crippen LogP contribution in [0.15, 0.2) is 30.3 Å². The molecule has 1 aliphatic heterocycles. The number of para-hydroxylation sites is 1. The van der Waals surface area contributed by atoms with Crippen LogP contribution in [0.4, 0.5) is 0 Å². The van der Waals surface area contributed by atoms with Gasteiger partial charge in [-0.05, 0) is 31.5 Å². The molecule has 0 bridgehead atoms. The number of carbonyl (C=O) groups excluding carboxylic acids is 1. The second-order valence-corrected chi connectivity index (χ2v) is 6.31. The zero-order valence-corrected chi connectivity index (χ0v) is 12.4. The van der Waals surface area contributed by atoms with E-state index in [1.807, 2.05) is 44.2 Å². The van der Waals surface area contributed by atoms with E-state index in [1.165, 1.54) is 10.4 Å². The van der Waals surface area contributed by atoms with Gasteiger partial charge in [0, 0.05) is 16.9 Å². The number of rotatable bonds is 2. The Morgan fingerprint density at radius 2 is 2.15 bits per heavy atom. The van der Waals surface area contributed by atoms with E-state index in [0.29, 0.717) is 6.61 Å². The fourth-order valence-electron chi connectivity index (χ4n) is 2.41. The number of aryl methyl sites for hydroxylation is 2. The molecule has 4 heteroatoms. The fourth-order valence-corrected chi connectivity index (χ4v) is 3.34. The fraction of sp³-hybridized carbons (Fsp3) is 0.312. The maximum absolute atomic E-state index is 12.3. The van der Waals surface area contributed by atoms with Crippen molar-refractivity contribution < 1.29 is 9.53 Å². The van der Waals surface area contributed by atoms with Gasteiger partial charge in [-0.15, -0.1) is 11.3 Å². The Morgan fingerprint density at radius 3 is 2.90 bits per heavy atom. The highest BCUT2D eigenvalue weighted by Crippen LogP contribution is 2.32. The summed E-state index contributed by atoms with van der Waals surface area (Å²) in [7, 11) is 0. The third-order valence-electron chi connectivity index (χ3n) is 3.65. The Bertz CT molecular complexity index is 628. The summed E-state index contributed by atoms with van der Waals surface area (Å²) in [5.74, 6) is 0.885. The van der Waals surface area contributed by atoms with Crippen LogP contribution in [0.2, 0.25) is 0 Å². The van der Waals surface area contributed by atoms with E-state index in [4.69, 9.17) is 4.74 Å². The zero-order valence-electron chi connectivity index (χ0n) is 11.6. The molecule has 0 radical (unpaired) electrons. The van der Waals surface area contributed by atoms with Crippen LogP contribution in [0, 0.1) is 13.8 Å². The number of thiophene rings is 1. The maximum atomic E-state index is 12.3. The van der Waals surface area contributed by atoms with Crippen molar-refractivity contribution in [3.8, 4) is 5.75 Å². The summed E-state index contributed by atoms with van der Waals surface area (Å²) in [4.78, 5) is 14.3. The summed E-state index contributed by atoms with van der Waals surface area (Å²) in [6.45, 7) is 4.72. The number of carbonyl (C=O) groups is 1. The molecule has 3 rings (SSSR count). The number of hydrogen-bond donors (Lipinski definition) is 1. The summed E-state index contributed by atoms with van der Waals surface area (Å²) in [5, 5.41) is 3.12. The highest BCUT2D eigenvalue weighted by atomic mass is 32.1. The molecule has 1 N–H and O–H groups in total. The lowest BCUT2D eigenvalue weighted by Crippen LogP contribution is -2.31. The molecular formula is C16H17NO2S. The Hall–Kier alpha value is -1.81. The van der Waals surface area contributed by atoms with E-state index in [-0.39, 0.29) is 11.9 Å². The number of fused-ring (bicyclic) bond motifs is 1. The van der Waals surface area contributed by atoms with E-state index >= 15 is 0 Å². The van der Waals surface area contributed by atoms with E-state index < -0.39 is 0 Å². The van der Waals surface area contributed by atoms with Crippen molar-refractivity contribution in [1.29, 1.82) is 0 Å². The van der Waals surface area contributed by atoms with Gasteiger partial charge in [0.25, 0.3) is 5.91 Å².